The average molecular weight is 419 g/mol. The Labute approximate surface area is 182 Å². The van der Waals surface area contributed by atoms with E-state index in [2.05, 4.69) is 34.1 Å². The molecular weight excluding hydrogens is 392 g/mol. The van der Waals surface area contributed by atoms with Crippen LogP contribution in [-0.2, 0) is 4.79 Å². The van der Waals surface area contributed by atoms with Crippen molar-refractivity contribution < 1.29 is 4.79 Å². The SMILES string of the molecule is Cc1cc(-c2ccccc2)nc(S[C@@H](C)C(=O)N2CCN(c3ccccc3)CC2)n1. The van der Waals surface area contributed by atoms with Gasteiger partial charge < -0.3 is 9.80 Å². The molecule has 6 heteroatoms. The smallest absolute Gasteiger partial charge is 0.236 e. The molecule has 0 aliphatic carbocycles. The van der Waals surface area contributed by atoms with E-state index in [1.165, 1.54) is 17.4 Å². The Hall–Kier alpha value is -2.86. The van der Waals surface area contributed by atoms with E-state index in [1.807, 2.05) is 61.2 Å². The standard InChI is InChI=1S/C24H26N4OS/c1-18-17-22(20-9-5-3-6-10-20)26-24(25-18)30-19(2)23(29)28-15-13-27(14-16-28)21-11-7-4-8-12-21/h3-12,17,19H,13-16H2,1-2H3/t19-/m0/s1. The van der Waals surface area contributed by atoms with E-state index in [-0.39, 0.29) is 11.2 Å². The summed E-state index contributed by atoms with van der Waals surface area (Å²) in [6.07, 6.45) is 0. The van der Waals surface area contributed by atoms with Crippen molar-refractivity contribution in [3.63, 3.8) is 0 Å². The summed E-state index contributed by atoms with van der Waals surface area (Å²) in [7, 11) is 0. The third-order valence-corrected chi connectivity index (χ3v) is 6.19. The minimum atomic E-state index is -0.223. The second-order valence-corrected chi connectivity index (χ2v) is 8.76. The number of para-hydroxylation sites is 1. The molecule has 2 heterocycles. The molecule has 5 nitrogen and oxygen atoms in total. The number of aryl methyl sites for hydroxylation is 1. The Morgan fingerprint density at radius 3 is 2.23 bits per heavy atom. The Morgan fingerprint density at radius 2 is 1.57 bits per heavy atom. The first kappa shape index (κ1) is 20.4. The topological polar surface area (TPSA) is 49.3 Å². The Morgan fingerprint density at radius 1 is 0.933 bits per heavy atom. The van der Waals surface area contributed by atoms with Gasteiger partial charge in [-0.3, -0.25) is 4.79 Å². The number of aromatic nitrogens is 2. The molecule has 2 aromatic carbocycles. The van der Waals surface area contributed by atoms with Gasteiger partial charge in [-0.2, -0.15) is 0 Å². The van der Waals surface area contributed by atoms with Crippen LogP contribution in [0.4, 0.5) is 5.69 Å². The summed E-state index contributed by atoms with van der Waals surface area (Å²) >= 11 is 1.44. The second-order valence-electron chi connectivity index (χ2n) is 7.45. The molecule has 0 unspecified atom stereocenters. The molecule has 1 atom stereocenters. The van der Waals surface area contributed by atoms with Gasteiger partial charge in [-0.25, -0.2) is 9.97 Å². The summed E-state index contributed by atoms with van der Waals surface area (Å²) in [5.41, 5.74) is 4.07. The van der Waals surface area contributed by atoms with Crippen molar-refractivity contribution in [1.82, 2.24) is 14.9 Å². The van der Waals surface area contributed by atoms with Gasteiger partial charge >= 0.3 is 0 Å². The number of nitrogens with zero attached hydrogens (tertiary/aromatic N) is 4. The van der Waals surface area contributed by atoms with Gasteiger partial charge in [-0.1, -0.05) is 60.3 Å². The van der Waals surface area contributed by atoms with Crippen molar-refractivity contribution in [1.29, 1.82) is 0 Å². The fourth-order valence-corrected chi connectivity index (χ4v) is 4.55. The maximum Gasteiger partial charge on any atom is 0.236 e. The summed E-state index contributed by atoms with van der Waals surface area (Å²) in [5, 5.41) is 0.427. The van der Waals surface area contributed by atoms with Crippen LogP contribution in [0.25, 0.3) is 11.3 Å². The van der Waals surface area contributed by atoms with E-state index in [0.717, 1.165) is 43.1 Å². The molecule has 3 aromatic rings. The number of rotatable bonds is 5. The third-order valence-electron chi connectivity index (χ3n) is 5.25. The lowest BCUT2D eigenvalue weighted by Gasteiger charge is -2.37. The van der Waals surface area contributed by atoms with E-state index in [9.17, 15) is 4.79 Å². The van der Waals surface area contributed by atoms with Crippen molar-refractivity contribution in [2.45, 2.75) is 24.3 Å². The van der Waals surface area contributed by atoms with Gasteiger partial charge in [0.05, 0.1) is 10.9 Å². The second kappa shape index (κ2) is 9.30. The molecule has 30 heavy (non-hydrogen) atoms. The fourth-order valence-electron chi connectivity index (χ4n) is 3.64. The molecular formula is C24H26N4OS. The van der Waals surface area contributed by atoms with E-state index in [0.29, 0.717) is 5.16 Å². The molecule has 4 rings (SSSR count). The number of carbonyl (C=O) groups excluding carboxylic acids is 1. The van der Waals surface area contributed by atoms with E-state index in [4.69, 9.17) is 4.98 Å². The van der Waals surface area contributed by atoms with E-state index < -0.39 is 0 Å². The normalized spacial score (nSPS) is 15.1. The largest absolute Gasteiger partial charge is 0.368 e. The first-order valence-corrected chi connectivity index (χ1v) is 11.1. The zero-order chi connectivity index (χ0) is 20.9. The summed E-state index contributed by atoms with van der Waals surface area (Å²) in [6, 6.07) is 22.4. The van der Waals surface area contributed by atoms with Gasteiger partial charge in [0, 0.05) is 43.1 Å². The van der Waals surface area contributed by atoms with Crippen molar-refractivity contribution >= 4 is 23.4 Å². The van der Waals surface area contributed by atoms with Crippen molar-refractivity contribution in [3.8, 4) is 11.3 Å². The monoisotopic (exact) mass is 418 g/mol. The molecule has 1 aliphatic rings. The predicted octanol–water partition coefficient (Wildman–Crippen LogP) is 4.28. The van der Waals surface area contributed by atoms with E-state index >= 15 is 0 Å². The number of anilines is 1. The molecule has 1 amide bonds. The van der Waals surface area contributed by atoms with Crippen molar-refractivity contribution in [2.24, 2.45) is 0 Å². The summed E-state index contributed by atoms with van der Waals surface area (Å²) < 4.78 is 0. The molecule has 154 valence electrons. The van der Waals surface area contributed by atoms with Gasteiger partial charge in [0.2, 0.25) is 5.91 Å². The van der Waals surface area contributed by atoms with Crippen LogP contribution in [0.5, 0.6) is 0 Å². The van der Waals surface area contributed by atoms with Crippen LogP contribution < -0.4 is 4.90 Å². The first-order valence-electron chi connectivity index (χ1n) is 10.3. The average Bonchev–Trinajstić information content (AvgIpc) is 2.79. The first-order chi connectivity index (χ1) is 14.6. The van der Waals surface area contributed by atoms with Gasteiger partial charge in [0.1, 0.15) is 0 Å². The predicted molar refractivity (Wildman–Crippen MR) is 123 cm³/mol. The van der Waals surface area contributed by atoms with Crippen LogP contribution in [-0.4, -0.2) is 52.2 Å². The molecule has 0 bridgehead atoms. The number of amides is 1. The van der Waals surface area contributed by atoms with Gasteiger partial charge in [0.15, 0.2) is 5.16 Å². The maximum atomic E-state index is 13.0. The van der Waals surface area contributed by atoms with Crippen LogP contribution >= 0.6 is 11.8 Å². The van der Waals surface area contributed by atoms with Crippen LogP contribution in [0.2, 0.25) is 0 Å². The number of hydrogen-bond donors (Lipinski definition) is 0. The summed E-state index contributed by atoms with van der Waals surface area (Å²) in [6.45, 7) is 7.10. The number of thioether (sulfide) groups is 1. The van der Waals surface area contributed by atoms with Crippen LogP contribution in [0.1, 0.15) is 12.6 Å². The maximum absolute atomic E-state index is 13.0. The molecule has 1 saturated heterocycles. The molecule has 0 radical (unpaired) electrons. The highest BCUT2D eigenvalue weighted by molar-refractivity contribution is 8.00. The minimum absolute atomic E-state index is 0.152. The highest BCUT2D eigenvalue weighted by Crippen LogP contribution is 2.26. The number of piperazine rings is 1. The zero-order valence-electron chi connectivity index (χ0n) is 17.4. The van der Waals surface area contributed by atoms with Crippen LogP contribution in [0.3, 0.4) is 0 Å². The Balaban J connectivity index is 1.39. The molecule has 0 spiro atoms. The minimum Gasteiger partial charge on any atom is -0.368 e. The Kier molecular flexibility index (Phi) is 6.33. The molecule has 1 aliphatic heterocycles. The molecule has 1 fully saturated rings. The number of carbonyl (C=O) groups is 1. The summed E-state index contributed by atoms with van der Waals surface area (Å²) in [5.74, 6) is 0.152. The number of hydrogen-bond acceptors (Lipinski definition) is 5. The third kappa shape index (κ3) is 4.82. The lowest BCUT2D eigenvalue weighted by atomic mass is 10.1. The number of benzene rings is 2. The van der Waals surface area contributed by atoms with Crippen molar-refractivity contribution in [2.75, 3.05) is 31.1 Å². The summed E-state index contributed by atoms with van der Waals surface area (Å²) in [4.78, 5) is 26.6. The van der Waals surface area contributed by atoms with Gasteiger partial charge in [-0.05, 0) is 32.0 Å². The van der Waals surface area contributed by atoms with Gasteiger partial charge in [0.25, 0.3) is 0 Å². The van der Waals surface area contributed by atoms with Crippen molar-refractivity contribution in [3.05, 3.63) is 72.4 Å². The molecule has 0 N–H and O–H groups in total. The fraction of sp³-hybridized carbons (Fsp3) is 0.292. The van der Waals surface area contributed by atoms with E-state index in [1.54, 1.807) is 0 Å². The van der Waals surface area contributed by atoms with Gasteiger partial charge in [-0.15, -0.1) is 0 Å². The lowest BCUT2D eigenvalue weighted by Crippen LogP contribution is -2.50. The molecule has 1 aromatic heterocycles. The molecule has 0 saturated carbocycles. The highest BCUT2D eigenvalue weighted by atomic mass is 32.2. The zero-order valence-corrected chi connectivity index (χ0v) is 18.2. The highest BCUT2D eigenvalue weighted by Gasteiger charge is 2.26. The Bertz CT molecular complexity index is 989. The lowest BCUT2D eigenvalue weighted by molar-refractivity contribution is -0.130. The quantitative estimate of drug-likeness (QED) is 0.457. The van der Waals surface area contributed by atoms with Crippen LogP contribution in [0, 0.1) is 6.92 Å². The van der Waals surface area contributed by atoms with Crippen LogP contribution in [0.15, 0.2) is 71.9 Å².